The first-order valence-corrected chi connectivity index (χ1v) is 7.95. The van der Waals surface area contributed by atoms with Gasteiger partial charge in [-0.3, -0.25) is 0 Å². The van der Waals surface area contributed by atoms with Crippen LogP contribution in [0.4, 0.5) is 5.82 Å². The van der Waals surface area contributed by atoms with E-state index in [1.807, 2.05) is 12.3 Å². The minimum Gasteiger partial charge on any atom is -0.354 e. The summed E-state index contributed by atoms with van der Waals surface area (Å²) >= 11 is 0. The lowest BCUT2D eigenvalue weighted by Crippen LogP contribution is -2.45. The maximum absolute atomic E-state index is 4.62. The van der Waals surface area contributed by atoms with Crippen molar-refractivity contribution in [1.29, 1.82) is 0 Å². The Morgan fingerprint density at radius 1 is 0.957 bits per heavy atom. The molecule has 0 aliphatic carbocycles. The molecule has 0 radical (unpaired) electrons. The van der Waals surface area contributed by atoms with Crippen LogP contribution in [0, 0.1) is 0 Å². The van der Waals surface area contributed by atoms with E-state index in [-0.39, 0.29) is 12.4 Å². The summed E-state index contributed by atoms with van der Waals surface area (Å²) in [7, 11) is 2.18. The number of rotatable bonds is 5. The Kier molecular flexibility index (Phi) is 6.84. The largest absolute Gasteiger partial charge is 0.354 e. The van der Waals surface area contributed by atoms with E-state index in [2.05, 4.69) is 63.5 Å². The first-order valence-electron chi connectivity index (χ1n) is 7.95. The van der Waals surface area contributed by atoms with E-state index in [1.165, 1.54) is 11.1 Å². The highest BCUT2D eigenvalue weighted by Gasteiger charge is 2.17. The first-order chi connectivity index (χ1) is 10.8. The quantitative estimate of drug-likeness (QED) is 0.911. The maximum atomic E-state index is 4.62. The van der Waals surface area contributed by atoms with Gasteiger partial charge in [-0.25, -0.2) is 4.98 Å². The maximum Gasteiger partial charge on any atom is 0.133 e. The Morgan fingerprint density at radius 3 is 2.43 bits per heavy atom. The van der Waals surface area contributed by atoms with Crippen molar-refractivity contribution in [2.24, 2.45) is 0 Å². The zero-order valence-corrected chi connectivity index (χ0v) is 14.4. The van der Waals surface area contributed by atoms with E-state index in [9.17, 15) is 0 Å². The van der Waals surface area contributed by atoms with Gasteiger partial charge < -0.3 is 15.1 Å². The molecule has 1 N–H and O–H groups in total. The normalized spacial score (nSPS) is 15.3. The molecule has 0 unspecified atom stereocenters. The molecule has 0 bridgehead atoms. The molecule has 0 saturated carbocycles. The summed E-state index contributed by atoms with van der Waals surface area (Å²) < 4.78 is 0. The van der Waals surface area contributed by atoms with Crippen LogP contribution in [0.15, 0.2) is 48.7 Å². The molecule has 2 aromatic rings. The van der Waals surface area contributed by atoms with Crippen molar-refractivity contribution in [3.8, 4) is 0 Å². The van der Waals surface area contributed by atoms with Gasteiger partial charge in [0.05, 0.1) is 0 Å². The second-order valence-corrected chi connectivity index (χ2v) is 5.87. The summed E-state index contributed by atoms with van der Waals surface area (Å²) in [6, 6.07) is 14.7. The lowest BCUT2D eigenvalue weighted by atomic mass is 10.2. The molecule has 1 aliphatic rings. The van der Waals surface area contributed by atoms with Crippen LogP contribution >= 0.6 is 12.4 Å². The number of nitrogens with one attached hydrogen (secondary N) is 1. The minimum absolute atomic E-state index is 0. The number of hydrogen-bond donors (Lipinski definition) is 1. The van der Waals surface area contributed by atoms with Gasteiger partial charge in [0.1, 0.15) is 5.82 Å². The van der Waals surface area contributed by atoms with Crippen LogP contribution in [0.1, 0.15) is 11.1 Å². The average Bonchev–Trinajstić information content (AvgIpc) is 2.57. The summed E-state index contributed by atoms with van der Waals surface area (Å²) in [5, 5.41) is 3.53. The standard InChI is InChI=1S/C18H24N4.ClH/c1-21-10-12-22(13-11-21)18-17(8-5-9-20-18)15-19-14-16-6-3-2-4-7-16;/h2-9,19H,10-15H2,1H3;1H. The van der Waals surface area contributed by atoms with Gasteiger partial charge in [0, 0.05) is 51.0 Å². The summed E-state index contributed by atoms with van der Waals surface area (Å²) in [5.74, 6) is 1.14. The molecule has 2 heterocycles. The molecule has 23 heavy (non-hydrogen) atoms. The zero-order valence-electron chi connectivity index (χ0n) is 13.6. The van der Waals surface area contributed by atoms with Crippen LogP contribution in [0.3, 0.4) is 0 Å². The Bertz CT molecular complexity index is 583. The van der Waals surface area contributed by atoms with Gasteiger partial charge >= 0.3 is 0 Å². The fourth-order valence-corrected chi connectivity index (χ4v) is 2.81. The van der Waals surface area contributed by atoms with Crippen molar-refractivity contribution in [1.82, 2.24) is 15.2 Å². The van der Waals surface area contributed by atoms with Gasteiger partial charge in [0.2, 0.25) is 0 Å². The third-order valence-electron chi connectivity index (χ3n) is 4.16. The van der Waals surface area contributed by atoms with Crippen LogP contribution in [0.5, 0.6) is 0 Å². The molecule has 0 spiro atoms. The van der Waals surface area contributed by atoms with Crippen LogP contribution in [0.25, 0.3) is 0 Å². The number of benzene rings is 1. The predicted molar refractivity (Wildman–Crippen MR) is 98.2 cm³/mol. The Labute approximate surface area is 144 Å². The number of halogens is 1. The van der Waals surface area contributed by atoms with E-state index in [0.717, 1.165) is 45.1 Å². The topological polar surface area (TPSA) is 31.4 Å². The van der Waals surface area contributed by atoms with E-state index in [4.69, 9.17) is 0 Å². The molecule has 0 amide bonds. The van der Waals surface area contributed by atoms with Crippen LogP contribution < -0.4 is 10.2 Å². The van der Waals surface area contributed by atoms with Gasteiger partial charge in [-0.1, -0.05) is 36.4 Å². The third-order valence-corrected chi connectivity index (χ3v) is 4.16. The number of likely N-dealkylation sites (N-methyl/N-ethyl adjacent to an activating group) is 1. The van der Waals surface area contributed by atoms with Crippen LogP contribution in [0.2, 0.25) is 0 Å². The molecular formula is C18H25ClN4. The molecule has 5 heteroatoms. The number of pyridine rings is 1. The molecule has 1 saturated heterocycles. The van der Waals surface area contributed by atoms with Gasteiger partial charge in [-0.15, -0.1) is 12.4 Å². The molecule has 0 atom stereocenters. The first kappa shape index (κ1) is 17.7. The van der Waals surface area contributed by atoms with Crippen LogP contribution in [-0.4, -0.2) is 43.1 Å². The third kappa shape index (κ3) is 4.93. The Balaban J connectivity index is 0.00000192. The number of hydrogen-bond acceptors (Lipinski definition) is 4. The number of anilines is 1. The lowest BCUT2D eigenvalue weighted by Gasteiger charge is -2.34. The Hall–Kier alpha value is -1.62. The van der Waals surface area contributed by atoms with Crippen LogP contribution in [-0.2, 0) is 13.1 Å². The SMILES string of the molecule is CN1CCN(c2ncccc2CNCc2ccccc2)CC1.Cl. The van der Waals surface area contributed by atoms with E-state index in [0.29, 0.717) is 0 Å². The van der Waals surface area contributed by atoms with Crippen molar-refractivity contribution >= 4 is 18.2 Å². The van der Waals surface area contributed by atoms with Crippen molar-refractivity contribution in [2.75, 3.05) is 38.1 Å². The molecule has 4 nitrogen and oxygen atoms in total. The number of aromatic nitrogens is 1. The van der Waals surface area contributed by atoms with Gasteiger partial charge in [0.25, 0.3) is 0 Å². The lowest BCUT2D eigenvalue weighted by molar-refractivity contribution is 0.311. The predicted octanol–water partition coefficient (Wildman–Crippen LogP) is 2.55. The monoisotopic (exact) mass is 332 g/mol. The summed E-state index contributed by atoms with van der Waals surface area (Å²) in [4.78, 5) is 9.39. The average molecular weight is 333 g/mol. The number of piperazine rings is 1. The second kappa shape index (κ2) is 8.87. The summed E-state index contributed by atoms with van der Waals surface area (Å²) in [5.41, 5.74) is 2.59. The fourth-order valence-electron chi connectivity index (χ4n) is 2.81. The van der Waals surface area contributed by atoms with Crippen molar-refractivity contribution in [2.45, 2.75) is 13.1 Å². The second-order valence-electron chi connectivity index (χ2n) is 5.87. The molecular weight excluding hydrogens is 308 g/mol. The van der Waals surface area contributed by atoms with Gasteiger partial charge in [-0.2, -0.15) is 0 Å². The van der Waals surface area contributed by atoms with Crippen molar-refractivity contribution in [3.63, 3.8) is 0 Å². The zero-order chi connectivity index (χ0) is 15.2. The highest BCUT2D eigenvalue weighted by Crippen LogP contribution is 2.18. The summed E-state index contributed by atoms with van der Waals surface area (Å²) in [6.45, 7) is 6.06. The molecule has 124 valence electrons. The molecule has 3 rings (SSSR count). The van der Waals surface area contributed by atoms with Gasteiger partial charge in [0.15, 0.2) is 0 Å². The van der Waals surface area contributed by atoms with Crippen molar-refractivity contribution in [3.05, 3.63) is 59.8 Å². The summed E-state index contributed by atoms with van der Waals surface area (Å²) in [6.07, 6.45) is 1.90. The van der Waals surface area contributed by atoms with Gasteiger partial charge in [-0.05, 0) is 18.7 Å². The van der Waals surface area contributed by atoms with E-state index < -0.39 is 0 Å². The Morgan fingerprint density at radius 2 is 1.70 bits per heavy atom. The van der Waals surface area contributed by atoms with E-state index in [1.54, 1.807) is 0 Å². The van der Waals surface area contributed by atoms with E-state index >= 15 is 0 Å². The molecule has 1 aliphatic heterocycles. The fraction of sp³-hybridized carbons (Fsp3) is 0.389. The molecule has 1 fully saturated rings. The number of nitrogens with zero attached hydrogens (tertiary/aromatic N) is 3. The molecule has 1 aromatic carbocycles. The highest BCUT2D eigenvalue weighted by atomic mass is 35.5. The smallest absolute Gasteiger partial charge is 0.133 e. The molecule has 1 aromatic heterocycles. The van der Waals surface area contributed by atoms with Crippen molar-refractivity contribution < 1.29 is 0 Å². The minimum atomic E-state index is 0. The highest BCUT2D eigenvalue weighted by molar-refractivity contribution is 5.85.